The summed E-state index contributed by atoms with van der Waals surface area (Å²) in [5.74, 6) is -0.302. The van der Waals surface area contributed by atoms with E-state index in [0.29, 0.717) is 17.8 Å². The first-order valence-corrected chi connectivity index (χ1v) is 8.26. The predicted octanol–water partition coefficient (Wildman–Crippen LogP) is 3.79. The lowest BCUT2D eigenvalue weighted by Crippen LogP contribution is -2.08. The average Bonchev–Trinajstić information content (AvgIpc) is 3.08. The number of nitrogens with zero attached hydrogens (tertiary/aromatic N) is 2. The lowest BCUT2D eigenvalue weighted by atomic mass is 10.1. The fraction of sp³-hybridized carbons (Fsp3) is 0.0952. The smallest absolute Gasteiger partial charge is 0.248 e. The molecule has 0 unspecified atom stereocenters. The van der Waals surface area contributed by atoms with Crippen LogP contribution in [0.5, 0.6) is 0 Å². The zero-order valence-electron chi connectivity index (χ0n) is 14.4. The van der Waals surface area contributed by atoms with Gasteiger partial charge in [-0.2, -0.15) is 5.10 Å². The van der Waals surface area contributed by atoms with Gasteiger partial charge >= 0.3 is 0 Å². The number of ketones is 1. The first kappa shape index (κ1) is 17.4. The molecule has 5 nitrogen and oxygen atoms in total. The van der Waals surface area contributed by atoms with Gasteiger partial charge in [-0.25, -0.2) is 0 Å². The lowest BCUT2D eigenvalue weighted by molar-refractivity contribution is -0.111. The highest BCUT2D eigenvalue weighted by Crippen LogP contribution is 2.11. The Morgan fingerprint density at radius 1 is 1.12 bits per heavy atom. The second kappa shape index (κ2) is 8.07. The maximum absolute atomic E-state index is 12.1. The van der Waals surface area contributed by atoms with Gasteiger partial charge in [0.25, 0.3) is 0 Å². The van der Waals surface area contributed by atoms with Crippen LogP contribution in [0.15, 0.2) is 73.1 Å². The molecular weight excluding hydrogens is 326 g/mol. The molecule has 0 spiro atoms. The number of nitrogens with one attached hydrogen (secondary N) is 1. The predicted molar refractivity (Wildman–Crippen MR) is 102 cm³/mol. The number of carbonyl (C=O) groups is 2. The van der Waals surface area contributed by atoms with Crippen molar-refractivity contribution in [1.29, 1.82) is 0 Å². The minimum atomic E-state index is -0.262. The van der Waals surface area contributed by atoms with Crippen LogP contribution in [0.1, 0.15) is 28.4 Å². The zero-order chi connectivity index (χ0) is 18.4. The number of Topliss-reactive ketones (excluding diaryl/α,β-unsaturated/α-hetero) is 1. The monoisotopic (exact) mass is 345 g/mol. The fourth-order valence-electron chi connectivity index (χ4n) is 2.49. The van der Waals surface area contributed by atoms with E-state index in [1.807, 2.05) is 41.2 Å². The molecule has 1 amide bonds. The SMILES string of the molecule is CC(=O)c1cccc(NC(=O)/C=C/c2cnn(Cc3ccccc3)c2)c1. The molecule has 0 radical (unpaired) electrons. The van der Waals surface area contributed by atoms with Crippen LogP contribution in [-0.4, -0.2) is 21.5 Å². The number of rotatable bonds is 6. The van der Waals surface area contributed by atoms with Gasteiger partial charge in [0.1, 0.15) is 0 Å². The van der Waals surface area contributed by atoms with Crippen LogP contribution in [-0.2, 0) is 11.3 Å². The molecular formula is C21H19N3O2. The van der Waals surface area contributed by atoms with Gasteiger partial charge in [0.2, 0.25) is 5.91 Å². The Bertz CT molecular complexity index is 943. The van der Waals surface area contributed by atoms with Gasteiger partial charge in [0.15, 0.2) is 5.78 Å². The Hall–Kier alpha value is -3.47. The highest BCUT2D eigenvalue weighted by Gasteiger charge is 2.03. The molecule has 0 aliphatic heterocycles. The van der Waals surface area contributed by atoms with E-state index in [1.54, 1.807) is 36.5 Å². The van der Waals surface area contributed by atoms with Gasteiger partial charge in [-0.1, -0.05) is 42.5 Å². The number of anilines is 1. The van der Waals surface area contributed by atoms with Gasteiger partial charge in [-0.05, 0) is 30.7 Å². The molecule has 0 bridgehead atoms. The summed E-state index contributed by atoms with van der Waals surface area (Å²) < 4.78 is 1.82. The Balaban J connectivity index is 1.60. The van der Waals surface area contributed by atoms with Crippen molar-refractivity contribution < 1.29 is 9.59 Å². The van der Waals surface area contributed by atoms with Gasteiger partial charge in [-0.3, -0.25) is 14.3 Å². The van der Waals surface area contributed by atoms with Crippen molar-refractivity contribution in [3.8, 4) is 0 Å². The molecule has 1 heterocycles. The summed E-state index contributed by atoms with van der Waals surface area (Å²) in [6.07, 6.45) is 6.75. The second-order valence-corrected chi connectivity index (χ2v) is 5.92. The highest BCUT2D eigenvalue weighted by molar-refractivity contribution is 6.03. The Morgan fingerprint density at radius 2 is 1.92 bits per heavy atom. The molecule has 26 heavy (non-hydrogen) atoms. The van der Waals surface area contributed by atoms with E-state index >= 15 is 0 Å². The van der Waals surface area contributed by atoms with Crippen molar-refractivity contribution in [3.63, 3.8) is 0 Å². The first-order valence-electron chi connectivity index (χ1n) is 8.26. The van der Waals surface area contributed by atoms with Crippen LogP contribution in [0, 0.1) is 0 Å². The molecule has 3 rings (SSSR count). The largest absolute Gasteiger partial charge is 0.322 e. The van der Waals surface area contributed by atoms with Crippen molar-refractivity contribution in [1.82, 2.24) is 9.78 Å². The summed E-state index contributed by atoms with van der Waals surface area (Å²) in [5, 5.41) is 7.05. The Kier molecular flexibility index (Phi) is 5.39. The normalized spacial score (nSPS) is 10.8. The molecule has 1 aromatic heterocycles. The number of amides is 1. The van der Waals surface area contributed by atoms with Crippen molar-refractivity contribution in [2.75, 3.05) is 5.32 Å². The maximum Gasteiger partial charge on any atom is 0.248 e. The minimum absolute atomic E-state index is 0.0394. The second-order valence-electron chi connectivity index (χ2n) is 5.92. The van der Waals surface area contributed by atoms with E-state index in [2.05, 4.69) is 10.4 Å². The molecule has 130 valence electrons. The molecule has 0 saturated carbocycles. The van der Waals surface area contributed by atoms with Gasteiger partial charge in [0.05, 0.1) is 12.7 Å². The minimum Gasteiger partial charge on any atom is -0.322 e. The average molecular weight is 345 g/mol. The van der Waals surface area contributed by atoms with E-state index in [9.17, 15) is 9.59 Å². The van der Waals surface area contributed by atoms with Crippen LogP contribution in [0.3, 0.4) is 0 Å². The number of aromatic nitrogens is 2. The van der Waals surface area contributed by atoms with Gasteiger partial charge < -0.3 is 5.32 Å². The van der Waals surface area contributed by atoms with Crippen molar-refractivity contribution >= 4 is 23.5 Å². The number of benzene rings is 2. The standard InChI is InChI=1S/C21H19N3O2/c1-16(25)19-8-5-9-20(12-19)23-21(26)11-10-18-13-22-24(15-18)14-17-6-3-2-4-7-17/h2-13,15H,14H2,1H3,(H,23,26)/b11-10+. The molecule has 0 aliphatic rings. The molecule has 2 aromatic carbocycles. The molecule has 0 saturated heterocycles. The summed E-state index contributed by atoms with van der Waals surface area (Å²) in [5.41, 5.74) is 3.16. The summed E-state index contributed by atoms with van der Waals surface area (Å²) in [7, 11) is 0. The molecule has 5 heteroatoms. The van der Waals surface area contributed by atoms with Crippen molar-refractivity contribution in [2.24, 2.45) is 0 Å². The molecule has 0 fully saturated rings. The quantitative estimate of drug-likeness (QED) is 0.546. The van der Waals surface area contributed by atoms with Crippen LogP contribution >= 0.6 is 0 Å². The number of carbonyl (C=O) groups excluding carboxylic acids is 2. The Labute approximate surface area is 152 Å². The van der Waals surface area contributed by atoms with Crippen LogP contribution in [0.2, 0.25) is 0 Å². The third kappa shape index (κ3) is 4.77. The summed E-state index contributed by atoms with van der Waals surface area (Å²) >= 11 is 0. The van der Waals surface area contributed by atoms with E-state index in [-0.39, 0.29) is 11.7 Å². The summed E-state index contributed by atoms with van der Waals surface area (Å²) in [6.45, 7) is 2.17. The third-order valence-corrected chi connectivity index (χ3v) is 3.80. The Morgan fingerprint density at radius 3 is 2.69 bits per heavy atom. The third-order valence-electron chi connectivity index (χ3n) is 3.80. The van der Waals surface area contributed by atoms with E-state index in [1.165, 1.54) is 13.0 Å². The van der Waals surface area contributed by atoms with Crippen LogP contribution < -0.4 is 5.32 Å². The summed E-state index contributed by atoms with van der Waals surface area (Å²) in [6, 6.07) is 16.9. The van der Waals surface area contributed by atoms with E-state index in [0.717, 1.165) is 11.1 Å². The van der Waals surface area contributed by atoms with Crippen LogP contribution in [0.4, 0.5) is 5.69 Å². The lowest BCUT2D eigenvalue weighted by Gasteiger charge is -2.03. The molecule has 3 aromatic rings. The topological polar surface area (TPSA) is 64.0 Å². The van der Waals surface area contributed by atoms with Crippen LogP contribution in [0.25, 0.3) is 6.08 Å². The first-order chi connectivity index (χ1) is 12.6. The number of hydrogen-bond donors (Lipinski definition) is 1. The van der Waals surface area contributed by atoms with E-state index in [4.69, 9.17) is 0 Å². The van der Waals surface area contributed by atoms with Crippen molar-refractivity contribution in [2.45, 2.75) is 13.5 Å². The summed E-state index contributed by atoms with van der Waals surface area (Å²) in [4.78, 5) is 23.4. The molecule has 0 atom stereocenters. The zero-order valence-corrected chi connectivity index (χ0v) is 14.4. The molecule has 0 aliphatic carbocycles. The van der Waals surface area contributed by atoms with Gasteiger partial charge in [0, 0.05) is 29.1 Å². The van der Waals surface area contributed by atoms with Gasteiger partial charge in [-0.15, -0.1) is 0 Å². The van der Waals surface area contributed by atoms with Crippen molar-refractivity contribution in [3.05, 3.63) is 89.8 Å². The number of hydrogen-bond acceptors (Lipinski definition) is 3. The fourth-order valence-corrected chi connectivity index (χ4v) is 2.49. The molecule has 1 N–H and O–H groups in total. The van der Waals surface area contributed by atoms with E-state index < -0.39 is 0 Å². The maximum atomic E-state index is 12.1. The highest BCUT2D eigenvalue weighted by atomic mass is 16.1.